The summed E-state index contributed by atoms with van der Waals surface area (Å²) in [7, 11) is -2.64. The highest BCUT2D eigenvalue weighted by atomic mass is 32.2. The van der Waals surface area contributed by atoms with Crippen LogP contribution in [0.4, 0.5) is 0 Å². The topological polar surface area (TPSA) is 170 Å². The zero-order chi connectivity index (χ0) is 34.1. The minimum atomic E-state index is -4.21. The summed E-state index contributed by atoms with van der Waals surface area (Å²) in [5.41, 5.74) is 6.34. The lowest BCUT2D eigenvalue weighted by molar-refractivity contribution is -0.138. The average Bonchev–Trinajstić information content (AvgIpc) is 3.67. The van der Waals surface area contributed by atoms with Gasteiger partial charge in [0.05, 0.1) is 36.3 Å². The zero-order valence-corrected chi connectivity index (χ0v) is 27.0. The number of pyridine rings is 1. The van der Waals surface area contributed by atoms with Gasteiger partial charge in [0.15, 0.2) is 0 Å². The Balaban J connectivity index is 1.26. The molecule has 3 aromatic carbocycles. The SMILES string of the molecule is C=C[C@@H]1C[C@]1(NC(=O)[C@@H]1CC(Oc2cc(-c3ccccc3)nc3cc(OC)ccc23)CN1C(=O)CN)C(=O)NS(=O)(=O)c1ccccc1. The number of nitrogens with one attached hydrogen (secondary N) is 2. The number of benzene rings is 3. The van der Waals surface area contributed by atoms with Gasteiger partial charge in [-0.1, -0.05) is 54.6 Å². The first-order valence-electron chi connectivity index (χ1n) is 15.4. The van der Waals surface area contributed by atoms with Crippen molar-refractivity contribution in [3.05, 3.63) is 97.6 Å². The van der Waals surface area contributed by atoms with Gasteiger partial charge in [-0.25, -0.2) is 18.1 Å². The summed E-state index contributed by atoms with van der Waals surface area (Å²) < 4.78 is 39.9. The van der Waals surface area contributed by atoms with Gasteiger partial charge in [-0.05, 0) is 30.7 Å². The Labute approximate surface area is 278 Å². The highest BCUT2D eigenvalue weighted by Crippen LogP contribution is 2.45. The molecule has 4 aromatic rings. The van der Waals surface area contributed by atoms with Crippen LogP contribution in [-0.2, 0) is 24.4 Å². The number of aromatic nitrogens is 1. The maximum absolute atomic E-state index is 13.9. The molecule has 1 aliphatic carbocycles. The molecule has 248 valence electrons. The minimum Gasteiger partial charge on any atom is -0.497 e. The fourth-order valence-electron chi connectivity index (χ4n) is 6.07. The van der Waals surface area contributed by atoms with Crippen LogP contribution in [0.25, 0.3) is 22.2 Å². The van der Waals surface area contributed by atoms with E-state index in [9.17, 15) is 22.8 Å². The number of carbonyl (C=O) groups excluding carboxylic acids is 3. The highest BCUT2D eigenvalue weighted by molar-refractivity contribution is 7.90. The standard InChI is InChI=1S/C35H35N5O7S/c1-3-23-19-35(23,34(43)39-48(44,45)26-12-8-5-9-13-26)38-33(42)30-17-25(21-40(30)32(41)20-36)47-31-18-28(22-10-6-4-7-11-22)37-29-16-24(46-2)14-15-27(29)31/h3-16,18,23,25,30H,1,17,19-21,36H2,2H3,(H,38,42)(H,39,43)/t23-,25?,30+,35-/m1/s1. The van der Waals surface area contributed by atoms with Crippen molar-refractivity contribution in [1.29, 1.82) is 0 Å². The van der Waals surface area contributed by atoms with Crippen LogP contribution in [0.15, 0.2) is 102 Å². The highest BCUT2D eigenvalue weighted by Gasteiger charge is 2.61. The molecule has 0 radical (unpaired) electrons. The van der Waals surface area contributed by atoms with Gasteiger partial charge in [0.25, 0.3) is 15.9 Å². The molecule has 2 fully saturated rings. The Kier molecular flexibility index (Phi) is 8.91. The maximum atomic E-state index is 13.9. The first-order valence-corrected chi connectivity index (χ1v) is 16.8. The van der Waals surface area contributed by atoms with Crippen molar-refractivity contribution >= 4 is 38.6 Å². The molecule has 1 saturated carbocycles. The number of nitrogens with zero attached hydrogens (tertiary/aromatic N) is 2. The summed E-state index contributed by atoms with van der Waals surface area (Å²) in [5, 5.41) is 3.46. The molecule has 2 heterocycles. The predicted molar refractivity (Wildman–Crippen MR) is 178 cm³/mol. The van der Waals surface area contributed by atoms with Crippen LogP contribution in [0, 0.1) is 5.92 Å². The fraction of sp³-hybridized carbons (Fsp3) is 0.257. The molecule has 4 atom stereocenters. The summed E-state index contributed by atoms with van der Waals surface area (Å²) in [6.07, 6.45) is 1.11. The van der Waals surface area contributed by atoms with Crippen molar-refractivity contribution in [3.8, 4) is 22.8 Å². The lowest BCUT2D eigenvalue weighted by atomic mass is 10.1. The second-order valence-electron chi connectivity index (χ2n) is 11.8. The zero-order valence-electron chi connectivity index (χ0n) is 26.2. The van der Waals surface area contributed by atoms with Gasteiger partial charge in [0.2, 0.25) is 11.8 Å². The first kappa shape index (κ1) is 32.7. The lowest BCUT2D eigenvalue weighted by Gasteiger charge is -2.26. The van der Waals surface area contributed by atoms with Crippen LogP contribution in [0.1, 0.15) is 12.8 Å². The van der Waals surface area contributed by atoms with Crippen molar-refractivity contribution in [3.63, 3.8) is 0 Å². The van der Waals surface area contributed by atoms with Gasteiger partial charge in [-0.3, -0.25) is 14.4 Å². The molecule has 2 aliphatic rings. The van der Waals surface area contributed by atoms with Crippen LogP contribution >= 0.6 is 0 Å². The molecule has 1 aliphatic heterocycles. The van der Waals surface area contributed by atoms with Crippen molar-refractivity contribution in [2.24, 2.45) is 11.7 Å². The molecule has 1 aromatic heterocycles. The second-order valence-corrected chi connectivity index (χ2v) is 13.4. The number of rotatable bonds is 11. The number of amides is 3. The van der Waals surface area contributed by atoms with Gasteiger partial charge in [-0.2, -0.15) is 0 Å². The maximum Gasteiger partial charge on any atom is 0.264 e. The normalized spacial score (nSPS) is 21.7. The Morgan fingerprint density at radius 1 is 1.06 bits per heavy atom. The molecule has 3 amide bonds. The average molecular weight is 670 g/mol. The van der Waals surface area contributed by atoms with Gasteiger partial charge in [-0.15, -0.1) is 6.58 Å². The Hall–Kier alpha value is -5.27. The third-order valence-corrected chi connectivity index (χ3v) is 10.1. The van der Waals surface area contributed by atoms with E-state index < -0.39 is 51.3 Å². The van der Waals surface area contributed by atoms with Gasteiger partial charge in [0.1, 0.15) is 29.2 Å². The largest absolute Gasteiger partial charge is 0.497 e. The van der Waals surface area contributed by atoms with E-state index in [-0.39, 0.29) is 30.8 Å². The van der Waals surface area contributed by atoms with Crippen LogP contribution in [0.5, 0.6) is 11.5 Å². The van der Waals surface area contributed by atoms with E-state index in [1.807, 2.05) is 42.5 Å². The van der Waals surface area contributed by atoms with E-state index in [0.717, 1.165) is 5.56 Å². The van der Waals surface area contributed by atoms with Gasteiger partial charge >= 0.3 is 0 Å². The first-order chi connectivity index (χ1) is 23.1. The summed E-state index contributed by atoms with van der Waals surface area (Å²) in [5.74, 6) is -1.39. The summed E-state index contributed by atoms with van der Waals surface area (Å²) in [6.45, 7) is 3.46. The molecule has 0 spiro atoms. The summed E-state index contributed by atoms with van der Waals surface area (Å²) in [4.78, 5) is 46.4. The van der Waals surface area contributed by atoms with Crippen molar-refractivity contribution in [1.82, 2.24) is 19.9 Å². The number of ether oxygens (including phenoxy) is 2. The quantitative estimate of drug-likeness (QED) is 0.203. The monoisotopic (exact) mass is 669 g/mol. The van der Waals surface area contributed by atoms with Crippen LogP contribution in [0.2, 0.25) is 0 Å². The van der Waals surface area contributed by atoms with E-state index in [1.54, 1.807) is 25.3 Å². The van der Waals surface area contributed by atoms with Crippen LogP contribution < -0.4 is 25.2 Å². The molecular formula is C35H35N5O7S. The molecule has 12 nitrogen and oxygen atoms in total. The Morgan fingerprint density at radius 2 is 1.77 bits per heavy atom. The molecule has 1 unspecified atom stereocenters. The second kappa shape index (κ2) is 13.1. The third kappa shape index (κ3) is 6.34. The van der Waals surface area contributed by atoms with Gasteiger partial charge < -0.3 is 25.4 Å². The van der Waals surface area contributed by atoms with E-state index >= 15 is 0 Å². The van der Waals surface area contributed by atoms with Crippen LogP contribution in [0.3, 0.4) is 0 Å². The van der Waals surface area contributed by atoms with E-state index in [4.69, 9.17) is 20.2 Å². The lowest BCUT2D eigenvalue weighted by Crippen LogP contribution is -2.56. The number of carbonyl (C=O) groups is 3. The van der Waals surface area contributed by atoms with Crippen molar-refractivity contribution in [2.75, 3.05) is 20.2 Å². The molecule has 1 saturated heterocycles. The number of likely N-dealkylation sites (tertiary alicyclic amines) is 1. The molecule has 6 rings (SSSR count). The number of nitrogens with two attached hydrogens (primary N) is 1. The molecule has 13 heteroatoms. The molecule has 4 N–H and O–H groups in total. The van der Waals surface area contributed by atoms with Crippen molar-refractivity contribution in [2.45, 2.75) is 35.4 Å². The summed E-state index contributed by atoms with van der Waals surface area (Å²) in [6, 6.07) is 23.3. The van der Waals surface area contributed by atoms with Crippen molar-refractivity contribution < 1.29 is 32.3 Å². The van der Waals surface area contributed by atoms with E-state index in [2.05, 4.69) is 16.6 Å². The third-order valence-electron chi connectivity index (χ3n) is 8.73. The molecule has 48 heavy (non-hydrogen) atoms. The van der Waals surface area contributed by atoms with Crippen LogP contribution in [-0.4, -0.2) is 73.9 Å². The summed E-state index contributed by atoms with van der Waals surface area (Å²) >= 11 is 0. The smallest absolute Gasteiger partial charge is 0.264 e. The number of sulfonamides is 1. The number of fused-ring (bicyclic) bond motifs is 1. The van der Waals surface area contributed by atoms with E-state index in [0.29, 0.717) is 28.1 Å². The number of methoxy groups -OCH3 is 1. The van der Waals surface area contributed by atoms with E-state index in [1.165, 1.54) is 35.2 Å². The Morgan fingerprint density at radius 3 is 2.42 bits per heavy atom. The van der Waals surface area contributed by atoms with Gasteiger partial charge in [0, 0.05) is 35.4 Å². The number of hydrogen-bond donors (Lipinski definition) is 3. The Bertz CT molecular complexity index is 1990. The predicted octanol–water partition coefficient (Wildman–Crippen LogP) is 2.78. The fourth-order valence-corrected chi connectivity index (χ4v) is 7.13. The number of hydrogen-bond acceptors (Lipinski definition) is 9. The molecular weight excluding hydrogens is 634 g/mol. The minimum absolute atomic E-state index is 0.0568. The molecule has 0 bridgehead atoms.